The Balaban J connectivity index is 2.21. The van der Waals surface area contributed by atoms with Crippen LogP contribution >= 0.6 is 50.7 Å². The van der Waals surface area contributed by atoms with Crippen molar-refractivity contribution in [1.29, 1.82) is 0 Å². The number of benzene rings is 2. The van der Waals surface area contributed by atoms with E-state index in [1.54, 1.807) is 12.1 Å². The van der Waals surface area contributed by atoms with Gasteiger partial charge in [-0.1, -0.05) is 46.9 Å². The summed E-state index contributed by atoms with van der Waals surface area (Å²) in [5, 5.41) is 4.86. The number of nitrogens with one attached hydrogen (secondary N) is 1. The van der Waals surface area contributed by atoms with Gasteiger partial charge in [0.05, 0.1) is 10.0 Å². The first-order chi connectivity index (χ1) is 8.59. The Morgan fingerprint density at radius 1 is 0.944 bits per heavy atom. The zero-order chi connectivity index (χ0) is 13.1. The van der Waals surface area contributed by atoms with Gasteiger partial charge in [-0.05, 0) is 40.2 Å². The summed E-state index contributed by atoms with van der Waals surface area (Å²) in [5.74, 6) is 0. The van der Waals surface area contributed by atoms with Crippen molar-refractivity contribution in [3.8, 4) is 0 Å². The minimum atomic E-state index is 0.490. The van der Waals surface area contributed by atoms with Crippen LogP contribution in [0.15, 0.2) is 40.9 Å². The van der Waals surface area contributed by atoms with E-state index < -0.39 is 0 Å². The quantitative estimate of drug-likeness (QED) is 0.656. The molecule has 0 radical (unpaired) electrons. The maximum Gasteiger partial charge on any atom is 0.0657 e. The van der Waals surface area contributed by atoms with Gasteiger partial charge >= 0.3 is 0 Å². The molecule has 0 unspecified atom stereocenters. The molecule has 0 spiro atoms. The van der Waals surface area contributed by atoms with E-state index in [4.69, 9.17) is 34.8 Å². The highest BCUT2D eigenvalue weighted by atomic mass is 79.9. The summed E-state index contributed by atoms with van der Waals surface area (Å²) in [6, 6.07) is 11.3. The summed E-state index contributed by atoms with van der Waals surface area (Å²) in [6.45, 7) is 0.515. The molecule has 0 aliphatic heterocycles. The summed E-state index contributed by atoms with van der Waals surface area (Å²) < 4.78 is 0.985. The van der Waals surface area contributed by atoms with Crippen molar-refractivity contribution in [2.75, 3.05) is 5.32 Å². The van der Waals surface area contributed by atoms with Crippen LogP contribution in [0.3, 0.4) is 0 Å². The highest BCUT2D eigenvalue weighted by molar-refractivity contribution is 9.10. The number of anilines is 1. The standard InChI is InChI=1S/C13H9BrCl3N/c14-9-3-1-2-4-12(9)18-7-8-10(15)5-6-11(16)13(8)17/h1-6,18H,7H2. The Bertz CT molecular complexity index is 572. The van der Waals surface area contributed by atoms with Crippen LogP contribution in [-0.2, 0) is 6.54 Å². The average Bonchev–Trinajstić information content (AvgIpc) is 2.36. The lowest BCUT2D eigenvalue weighted by molar-refractivity contribution is 1.15. The minimum Gasteiger partial charge on any atom is -0.380 e. The first-order valence-electron chi connectivity index (χ1n) is 5.20. The Morgan fingerprint density at radius 3 is 2.33 bits per heavy atom. The Morgan fingerprint density at radius 2 is 1.61 bits per heavy atom. The lowest BCUT2D eigenvalue weighted by Crippen LogP contribution is -2.01. The summed E-state index contributed by atoms with van der Waals surface area (Å²) in [7, 11) is 0. The molecule has 0 saturated carbocycles. The van der Waals surface area contributed by atoms with Crippen molar-refractivity contribution < 1.29 is 0 Å². The largest absolute Gasteiger partial charge is 0.380 e. The topological polar surface area (TPSA) is 12.0 Å². The van der Waals surface area contributed by atoms with Crippen molar-refractivity contribution in [3.05, 3.63) is 61.5 Å². The average molecular weight is 365 g/mol. The van der Waals surface area contributed by atoms with Crippen LogP contribution in [0.2, 0.25) is 15.1 Å². The predicted molar refractivity (Wildman–Crippen MR) is 82.9 cm³/mol. The zero-order valence-corrected chi connectivity index (χ0v) is 13.0. The van der Waals surface area contributed by atoms with Gasteiger partial charge in [0.25, 0.3) is 0 Å². The predicted octanol–water partition coefficient (Wildman–Crippen LogP) is 6.02. The van der Waals surface area contributed by atoms with Crippen LogP contribution in [0.25, 0.3) is 0 Å². The van der Waals surface area contributed by atoms with Crippen molar-refractivity contribution >= 4 is 56.4 Å². The Labute approximate surface area is 129 Å². The number of hydrogen-bond acceptors (Lipinski definition) is 1. The van der Waals surface area contributed by atoms with Crippen molar-refractivity contribution in [1.82, 2.24) is 0 Å². The monoisotopic (exact) mass is 363 g/mol. The van der Waals surface area contributed by atoms with E-state index in [2.05, 4.69) is 21.2 Å². The van der Waals surface area contributed by atoms with Gasteiger partial charge in [-0.15, -0.1) is 0 Å². The van der Waals surface area contributed by atoms with E-state index in [9.17, 15) is 0 Å². The fourth-order valence-electron chi connectivity index (χ4n) is 1.52. The smallest absolute Gasteiger partial charge is 0.0657 e. The molecule has 94 valence electrons. The number of halogens is 4. The molecule has 0 aromatic heterocycles. The van der Waals surface area contributed by atoms with Gasteiger partial charge in [-0.2, -0.15) is 0 Å². The molecule has 0 aliphatic carbocycles. The zero-order valence-electron chi connectivity index (χ0n) is 9.18. The van der Waals surface area contributed by atoms with Crippen molar-refractivity contribution in [3.63, 3.8) is 0 Å². The summed E-state index contributed by atoms with van der Waals surface area (Å²) in [5.41, 5.74) is 1.77. The Kier molecular flexibility index (Phi) is 4.79. The summed E-state index contributed by atoms with van der Waals surface area (Å²) in [4.78, 5) is 0. The van der Waals surface area contributed by atoms with Crippen LogP contribution in [0.5, 0.6) is 0 Å². The molecule has 1 nitrogen and oxygen atoms in total. The molecule has 1 N–H and O–H groups in total. The first-order valence-corrected chi connectivity index (χ1v) is 7.13. The molecule has 0 bridgehead atoms. The number of rotatable bonds is 3. The number of hydrogen-bond donors (Lipinski definition) is 1. The fourth-order valence-corrected chi connectivity index (χ4v) is 2.63. The van der Waals surface area contributed by atoms with Crippen LogP contribution in [0.4, 0.5) is 5.69 Å². The second-order valence-electron chi connectivity index (χ2n) is 3.66. The maximum atomic E-state index is 6.14. The molecule has 18 heavy (non-hydrogen) atoms. The highest BCUT2D eigenvalue weighted by Crippen LogP contribution is 2.32. The molecule has 5 heteroatoms. The van der Waals surface area contributed by atoms with Gasteiger partial charge in [-0.3, -0.25) is 0 Å². The lowest BCUT2D eigenvalue weighted by atomic mass is 10.2. The molecule has 2 aromatic carbocycles. The van der Waals surface area contributed by atoms with E-state index in [0.29, 0.717) is 21.6 Å². The van der Waals surface area contributed by atoms with Gasteiger partial charge in [0.2, 0.25) is 0 Å². The van der Waals surface area contributed by atoms with Gasteiger partial charge in [0.1, 0.15) is 0 Å². The van der Waals surface area contributed by atoms with Crippen molar-refractivity contribution in [2.45, 2.75) is 6.54 Å². The molecule has 0 heterocycles. The van der Waals surface area contributed by atoms with Gasteiger partial charge in [-0.25, -0.2) is 0 Å². The third-order valence-corrected chi connectivity index (χ3v) is 4.36. The molecule has 0 saturated heterocycles. The van der Waals surface area contributed by atoms with Crippen LogP contribution < -0.4 is 5.32 Å². The highest BCUT2D eigenvalue weighted by Gasteiger charge is 2.09. The number of para-hydroxylation sites is 1. The van der Waals surface area contributed by atoms with E-state index in [1.807, 2.05) is 24.3 Å². The Hall–Kier alpha value is -0.410. The molecular formula is C13H9BrCl3N. The van der Waals surface area contributed by atoms with Crippen LogP contribution in [-0.4, -0.2) is 0 Å². The summed E-state index contributed by atoms with van der Waals surface area (Å²) >= 11 is 21.7. The lowest BCUT2D eigenvalue weighted by Gasteiger charge is -2.12. The molecule has 2 aromatic rings. The molecule has 0 atom stereocenters. The molecule has 0 fully saturated rings. The third-order valence-electron chi connectivity index (χ3n) is 2.47. The second-order valence-corrected chi connectivity index (χ2v) is 5.70. The summed E-state index contributed by atoms with van der Waals surface area (Å²) in [6.07, 6.45) is 0. The molecular weight excluding hydrogens is 356 g/mol. The van der Waals surface area contributed by atoms with E-state index in [-0.39, 0.29) is 0 Å². The third kappa shape index (κ3) is 3.12. The first kappa shape index (κ1) is 14.0. The van der Waals surface area contributed by atoms with E-state index >= 15 is 0 Å². The van der Waals surface area contributed by atoms with Crippen molar-refractivity contribution in [2.24, 2.45) is 0 Å². The van der Waals surface area contributed by atoms with Gasteiger partial charge < -0.3 is 5.32 Å². The van der Waals surface area contributed by atoms with Gasteiger partial charge in [0.15, 0.2) is 0 Å². The van der Waals surface area contributed by atoms with Crippen LogP contribution in [0, 0.1) is 0 Å². The molecule has 2 rings (SSSR count). The minimum absolute atomic E-state index is 0.490. The normalized spacial score (nSPS) is 10.4. The van der Waals surface area contributed by atoms with Crippen LogP contribution in [0.1, 0.15) is 5.56 Å². The SMILES string of the molecule is Clc1ccc(Cl)c(CNc2ccccc2Br)c1Cl. The second kappa shape index (κ2) is 6.16. The molecule has 0 aliphatic rings. The van der Waals surface area contributed by atoms with E-state index in [0.717, 1.165) is 15.7 Å². The molecule has 0 amide bonds. The van der Waals surface area contributed by atoms with E-state index in [1.165, 1.54) is 0 Å². The maximum absolute atomic E-state index is 6.14. The van der Waals surface area contributed by atoms with Gasteiger partial charge in [0, 0.05) is 27.3 Å². The fraction of sp³-hybridized carbons (Fsp3) is 0.0769.